The normalized spacial score (nSPS) is 13.3. The van der Waals surface area contributed by atoms with Gasteiger partial charge in [-0.2, -0.15) is 4.89 Å². The van der Waals surface area contributed by atoms with Crippen molar-refractivity contribution in [2.75, 3.05) is 6.61 Å². The second-order valence-corrected chi connectivity index (χ2v) is 8.60. The van der Waals surface area contributed by atoms with Gasteiger partial charge >= 0.3 is 0 Å². The van der Waals surface area contributed by atoms with E-state index in [-0.39, 0.29) is 0 Å². The Bertz CT molecular complexity index is 473. The SMILES string of the molecule is CCCCCCCCCCCCCCCCCCc1c2cccc1OOCC2. The highest BCUT2D eigenvalue weighted by Crippen LogP contribution is 2.28. The minimum Gasteiger partial charge on any atom is -0.337 e. The van der Waals surface area contributed by atoms with Crippen LogP contribution in [0.2, 0.25) is 0 Å². The third-order valence-electron chi connectivity index (χ3n) is 6.11. The number of hydrogen-bond acceptors (Lipinski definition) is 2. The molecule has 0 N–H and O–H groups in total. The number of unbranched alkanes of at least 4 members (excludes halogenated alkanes) is 15. The first-order chi connectivity index (χ1) is 13.9. The highest BCUT2D eigenvalue weighted by molar-refractivity contribution is 5.40. The van der Waals surface area contributed by atoms with E-state index in [4.69, 9.17) is 9.78 Å². The molecule has 0 fully saturated rings. The highest BCUT2D eigenvalue weighted by atomic mass is 17.2. The molecule has 0 atom stereocenters. The van der Waals surface area contributed by atoms with Crippen LogP contribution in [0.1, 0.15) is 121 Å². The molecule has 1 aromatic rings. The Hall–Kier alpha value is -1.02. The fourth-order valence-corrected chi connectivity index (χ4v) is 4.31. The largest absolute Gasteiger partial charge is 0.337 e. The predicted octanol–water partition coefficient (Wildman–Crippen LogP) is 8.36. The smallest absolute Gasteiger partial charge is 0.168 e. The topological polar surface area (TPSA) is 18.5 Å². The summed E-state index contributed by atoms with van der Waals surface area (Å²) >= 11 is 0. The molecule has 1 aliphatic rings. The van der Waals surface area contributed by atoms with Gasteiger partial charge in [0.2, 0.25) is 0 Å². The van der Waals surface area contributed by atoms with Crippen molar-refractivity contribution < 1.29 is 9.78 Å². The van der Waals surface area contributed by atoms with E-state index >= 15 is 0 Å². The third kappa shape index (κ3) is 9.96. The molecule has 0 saturated heterocycles. The summed E-state index contributed by atoms with van der Waals surface area (Å²) in [7, 11) is 0. The van der Waals surface area contributed by atoms with Crippen LogP contribution < -0.4 is 4.89 Å². The van der Waals surface area contributed by atoms with Crippen molar-refractivity contribution >= 4 is 0 Å². The van der Waals surface area contributed by atoms with E-state index in [1.165, 1.54) is 114 Å². The summed E-state index contributed by atoms with van der Waals surface area (Å²) in [4.78, 5) is 10.6. The summed E-state index contributed by atoms with van der Waals surface area (Å²) in [6, 6.07) is 6.34. The van der Waals surface area contributed by atoms with E-state index in [1.54, 1.807) is 0 Å². The maximum Gasteiger partial charge on any atom is 0.168 e. The zero-order valence-electron chi connectivity index (χ0n) is 18.5. The Morgan fingerprint density at radius 1 is 0.679 bits per heavy atom. The maximum absolute atomic E-state index is 5.42. The Morgan fingerprint density at radius 3 is 1.79 bits per heavy atom. The predicted molar refractivity (Wildman–Crippen MR) is 120 cm³/mol. The first-order valence-electron chi connectivity index (χ1n) is 12.3. The molecule has 0 amide bonds. The number of fused-ring (bicyclic) bond motifs is 2. The molecule has 0 unspecified atom stereocenters. The minimum atomic E-state index is 0.666. The molecule has 0 saturated carbocycles. The van der Waals surface area contributed by atoms with E-state index in [1.807, 2.05) is 6.07 Å². The van der Waals surface area contributed by atoms with Crippen molar-refractivity contribution in [2.45, 2.75) is 122 Å². The standard InChI is InChI=1S/C26H44O2/c1-2-3-4-5-6-7-8-9-10-11-12-13-14-15-16-17-20-25-24-19-18-21-26(25)28-27-23-22-24/h18-19,21H,2-17,20,22-23H2,1H3. The second kappa shape index (κ2) is 15.9. The molecule has 1 heterocycles. The molecule has 2 heteroatoms. The van der Waals surface area contributed by atoms with E-state index in [0.717, 1.165) is 18.6 Å². The van der Waals surface area contributed by atoms with E-state index in [2.05, 4.69) is 19.1 Å². The van der Waals surface area contributed by atoms with Gasteiger partial charge in [-0.15, -0.1) is 0 Å². The summed E-state index contributed by atoms with van der Waals surface area (Å²) in [6.07, 6.45) is 24.8. The van der Waals surface area contributed by atoms with Gasteiger partial charge in [-0.3, -0.25) is 0 Å². The number of rotatable bonds is 17. The fourth-order valence-electron chi connectivity index (χ4n) is 4.31. The van der Waals surface area contributed by atoms with Crippen molar-refractivity contribution in [3.05, 3.63) is 29.3 Å². The van der Waals surface area contributed by atoms with Crippen LogP contribution in [0.3, 0.4) is 0 Å². The molecule has 2 bridgehead atoms. The summed E-state index contributed by atoms with van der Waals surface area (Å²) in [6.45, 7) is 2.96. The zero-order chi connectivity index (χ0) is 19.7. The summed E-state index contributed by atoms with van der Waals surface area (Å²) < 4.78 is 0. The van der Waals surface area contributed by atoms with Crippen molar-refractivity contribution in [3.8, 4) is 5.75 Å². The van der Waals surface area contributed by atoms with Gasteiger partial charge in [-0.25, -0.2) is 0 Å². The van der Waals surface area contributed by atoms with Crippen LogP contribution in [0.5, 0.6) is 5.75 Å². The van der Waals surface area contributed by atoms with Crippen LogP contribution in [0.25, 0.3) is 0 Å². The summed E-state index contributed by atoms with van der Waals surface area (Å²) in [5, 5.41) is 0. The van der Waals surface area contributed by atoms with E-state index in [9.17, 15) is 0 Å². The lowest BCUT2D eigenvalue weighted by atomic mass is 9.97. The fraction of sp³-hybridized carbons (Fsp3) is 0.769. The first kappa shape index (κ1) is 23.3. The van der Waals surface area contributed by atoms with Gasteiger partial charge in [0.05, 0.1) is 6.61 Å². The molecule has 0 aromatic heterocycles. The molecule has 1 aromatic carbocycles. The lowest BCUT2D eigenvalue weighted by molar-refractivity contribution is -0.203. The van der Waals surface area contributed by atoms with Gasteiger partial charge in [-0.05, 0) is 24.5 Å². The molecule has 28 heavy (non-hydrogen) atoms. The third-order valence-corrected chi connectivity index (χ3v) is 6.11. The molecule has 0 spiro atoms. The van der Waals surface area contributed by atoms with Crippen molar-refractivity contribution in [1.29, 1.82) is 0 Å². The van der Waals surface area contributed by atoms with Crippen LogP contribution in [-0.2, 0) is 17.7 Å². The quantitative estimate of drug-likeness (QED) is 0.197. The molecule has 0 aliphatic carbocycles. The van der Waals surface area contributed by atoms with E-state index < -0.39 is 0 Å². The van der Waals surface area contributed by atoms with Gasteiger partial charge < -0.3 is 4.89 Å². The van der Waals surface area contributed by atoms with Gasteiger partial charge in [-0.1, -0.05) is 115 Å². The average molecular weight is 389 g/mol. The molecule has 1 aliphatic heterocycles. The Balaban J connectivity index is 1.36. The Kier molecular flexibility index (Phi) is 13.2. The number of hydrogen-bond donors (Lipinski definition) is 0. The molecule has 2 rings (SSSR count). The van der Waals surface area contributed by atoms with Crippen molar-refractivity contribution in [3.63, 3.8) is 0 Å². The lowest BCUT2D eigenvalue weighted by Crippen LogP contribution is -1.96. The molecule has 0 radical (unpaired) electrons. The van der Waals surface area contributed by atoms with Gasteiger partial charge in [0.15, 0.2) is 5.75 Å². The Morgan fingerprint density at radius 2 is 1.21 bits per heavy atom. The highest BCUT2D eigenvalue weighted by Gasteiger charge is 2.13. The summed E-state index contributed by atoms with van der Waals surface area (Å²) in [5.74, 6) is 0.941. The zero-order valence-corrected chi connectivity index (χ0v) is 18.5. The lowest BCUT2D eigenvalue weighted by Gasteiger charge is -2.09. The molecule has 160 valence electrons. The van der Waals surface area contributed by atoms with Crippen LogP contribution in [0.4, 0.5) is 0 Å². The molecular weight excluding hydrogens is 344 g/mol. The van der Waals surface area contributed by atoms with Crippen molar-refractivity contribution in [1.82, 2.24) is 0 Å². The van der Waals surface area contributed by atoms with Crippen LogP contribution >= 0.6 is 0 Å². The maximum atomic E-state index is 5.42. The van der Waals surface area contributed by atoms with Crippen LogP contribution in [0, 0.1) is 0 Å². The van der Waals surface area contributed by atoms with Gasteiger partial charge in [0, 0.05) is 12.0 Å². The second-order valence-electron chi connectivity index (χ2n) is 8.60. The Labute approximate surface area is 174 Å². The monoisotopic (exact) mass is 388 g/mol. The van der Waals surface area contributed by atoms with Crippen molar-refractivity contribution in [2.24, 2.45) is 0 Å². The average Bonchev–Trinajstić information content (AvgIpc) is 2.81. The van der Waals surface area contributed by atoms with Gasteiger partial charge in [0.1, 0.15) is 0 Å². The summed E-state index contributed by atoms with van der Waals surface area (Å²) in [5.41, 5.74) is 2.79. The van der Waals surface area contributed by atoms with E-state index in [0.29, 0.717) is 6.61 Å². The minimum absolute atomic E-state index is 0.666. The first-order valence-corrected chi connectivity index (χ1v) is 12.3. The van der Waals surface area contributed by atoms with Gasteiger partial charge in [0.25, 0.3) is 0 Å². The van der Waals surface area contributed by atoms with Crippen LogP contribution in [-0.4, -0.2) is 6.61 Å². The molecular formula is C26H44O2. The molecule has 2 nitrogen and oxygen atoms in total. The number of benzene rings is 1. The van der Waals surface area contributed by atoms with Crippen LogP contribution in [0.15, 0.2) is 18.2 Å².